The van der Waals surface area contributed by atoms with Crippen LogP contribution in [0.15, 0.2) is 94.3 Å². The fourth-order valence-corrected chi connectivity index (χ4v) is 3.01. The quantitative estimate of drug-likeness (QED) is 0.248. The van der Waals surface area contributed by atoms with Gasteiger partial charge in [0.1, 0.15) is 17.6 Å². The van der Waals surface area contributed by atoms with E-state index in [1.165, 1.54) is 18.4 Å². The van der Waals surface area contributed by atoms with Crippen molar-refractivity contribution in [2.45, 2.75) is 0 Å². The molecule has 1 heterocycles. The fourth-order valence-electron chi connectivity index (χ4n) is 2.88. The van der Waals surface area contributed by atoms with Crippen molar-refractivity contribution in [3.8, 4) is 16.9 Å². The Labute approximate surface area is 171 Å². The maximum absolute atomic E-state index is 12.8. The second kappa shape index (κ2) is 8.17. The molecule has 4 aromatic rings. The third-order valence-electron chi connectivity index (χ3n) is 4.33. The van der Waals surface area contributed by atoms with Crippen molar-refractivity contribution < 1.29 is 13.9 Å². The SMILES string of the molecule is O=C(/C=C/c1ccccc1)Oc1ccc2c(=O)c(-c3ccc(Cl)cc3)coc2c1. The average Bonchev–Trinajstić information content (AvgIpc) is 2.74. The predicted molar refractivity (Wildman–Crippen MR) is 114 cm³/mol. The molecular formula is C24H15ClO4. The molecule has 0 spiro atoms. The van der Waals surface area contributed by atoms with E-state index in [0.717, 1.165) is 5.56 Å². The number of halogens is 1. The van der Waals surface area contributed by atoms with Crippen LogP contribution in [0.1, 0.15) is 5.56 Å². The van der Waals surface area contributed by atoms with Crippen LogP contribution in [0, 0.1) is 0 Å². The van der Waals surface area contributed by atoms with E-state index in [1.54, 1.807) is 42.5 Å². The minimum atomic E-state index is -0.520. The molecule has 142 valence electrons. The first-order valence-corrected chi connectivity index (χ1v) is 9.24. The van der Waals surface area contributed by atoms with Gasteiger partial charge in [-0.15, -0.1) is 0 Å². The molecule has 0 aliphatic rings. The Kier molecular flexibility index (Phi) is 5.27. The summed E-state index contributed by atoms with van der Waals surface area (Å²) in [7, 11) is 0. The smallest absolute Gasteiger partial charge is 0.336 e. The molecule has 0 atom stereocenters. The molecule has 0 aliphatic heterocycles. The number of hydrogen-bond acceptors (Lipinski definition) is 4. The monoisotopic (exact) mass is 402 g/mol. The lowest BCUT2D eigenvalue weighted by molar-refractivity contribution is -0.128. The summed E-state index contributed by atoms with van der Waals surface area (Å²) >= 11 is 5.90. The number of carbonyl (C=O) groups is 1. The highest BCUT2D eigenvalue weighted by Gasteiger charge is 2.11. The van der Waals surface area contributed by atoms with E-state index in [4.69, 9.17) is 20.8 Å². The van der Waals surface area contributed by atoms with Crippen LogP contribution in [0.2, 0.25) is 5.02 Å². The van der Waals surface area contributed by atoms with Gasteiger partial charge in [0.2, 0.25) is 0 Å². The Morgan fingerprint density at radius 2 is 1.72 bits per heavy atom. The summed E-state index contributed by atoms with van der Waals surface area (Å²) < 4.78 is 10.9. The molecule has 5 heteroatoms. The van der Waals surface area contributed by atoms with Crippen LogP contribution in [-0.2, 0) is 4.79 Å². The summed E-state index contributed by atoms with van der Waals surface area (Å²) in [5.41, 5.74) is 2.21. The molecule has 0 unspecified atom stereocenters. The zero-order valence-electron chi connectivity index (χ0n) is 15.2. The molecule has 4 nitrogen and oxygen atoms in total. The van der Waals surface area contributed by atoms with Crippen LogP contribution in [0.5, 0.6) is 5.75 Å². The Hall–Kier alpha value is -3.63. The summed E-state index contributed by atoms with van der Waals surface area (Å²) in [4.78, 5) is 24.8. The van der Waals surface area contributed by atoms with Crippen molar-refractivity contribution in [2.75, 3.05) is 0 Å². The van der Waals surface area contributed by atoms with E-state index in [2.05, 4.69) is 0 Å². The molecule has 0 radical (unpaired) electrons. The van der Waals surface area contributed by atoms with Crippen molar-refractivity contribution in [2.24, 2.45) is 0 Å². The Morgan fingerprint density at radius 1 is 0.966 bits per heavy atom. The second-order valence-electron chi connectivity index (χ2n) is 6.31. The van der Waals surface area contributed by atoms with Crippen molar-refractivity contribution in [3.63, 3.8) is 0 Å². The number of esters is 1. The number of ether oxygens (including phenoxy) is 1. The van der Waals surface area contributed by atoms with Gasteiger partial charge in [-0.2, -0.15) is 0 Å². The highest BCUT2D eigenvalue weighted by molar-refractivity contribution is 6.30. The van der Waals surface area contributed by atoms with Gasteiger partial charge in [0.05, 0.1) is 10.9 Å². The number of fused-ring (bicyclic) bond motifs is 1. The molecule has 0 fully saturated rings. The lowest BCUT2D eigenvalue weighted by atomic mass is 10.1. The van der Waals surface area contributed by atoms with E-state index in [0.29, 0.717) is 32.9 Å². The molecule has 0 amide bonds. The van der Waals surface area contributed by atoms with Gasteiger partial charge >= 0.3 is 5.97 Å². The third-order valence-corrected chi connectivity index (χ3v) is 4.58. The van der Waals surface area contributed by atoms with Gasteiger partial charge < -0.3 is 9.15 Å². The molecule has 0 bridgehead atoms. The molecule has 0 saturated heterocycles. The van der Waals surface area contributed by atoms with Crippen LogP contribution >= 0.6 is 11.6 Å². The summed E-state index contributed by atoms with van der Waals surface area (Å²) in [5.74, 6) is -0.226. The minimum Gasteiger partial charge on any atom is -0.463 e. The number of rotatable bonds is 4. The topological polar surface area (TPSA) is 56.5 Å². The van der Waals surface area contributed by atoms with Crippen LogP contribution in [0.4, 0.5) is 0 Å². The molecule has 0 aliphatic carbocycles. The van der Waals surface area contributed by atoms with Gasteiger partial charge in [0.15, 0.2) is 5.43 Å². The molecule has 3 aromatic carbocycles. The van der Waals surface area contributed by atoms with Gasteiger partial charge in [0.25, 0.3) is 0 Å². The van der Waals surface area contributed by atoms with Gasteiger partial charge in [-0.1, -0.05) is 54.1 Å². The molecule has 0 N–H and O–H groups in total. The Bertz CT molecular complexity index is 1260. The third kappa shape index (κ3) is 4.28. The molecule has 29 heavy (non-hydrogen) atoms. The Balaban J connectivity index is 1.57. The summed E-state index contributed by atoms with van der Waals surface area (Å²) in [6, 6.07) is 21.1. The summed E-state index contributed by atoms with van der Waals surface area (Å²) in [6.07, 6.45) is 4.41. The van der Waals surface area contributed by atoms with Crippen LogP contribution in [0.25, 0.3) is 28.2 Å². The average molecular weight is 403 g/mol. The van der Waals surface area contributed by atoms with Crippen molar-refractivity contribution >= 4 is 34.6 Å². The first kappa shape index (κ1) is 18.7. The number of carbonyl (C=O) groups excluding carboxylic acids is 1. The first-order valence-electron chi connectivity index (χ1n) is 8.86. The summed E-state index contributed by atoms with van der Waals surface area (Å²) in [6.45, 7) is 0. The molecule has 4 rings (SSSR count). The second-order valence-corrected chi connectivity index (χ2v) is 6.74. The Morgan fingerprint density at radius 3 is 2.48 bits per heavy atom. The zero-order valence-corrected chi connectivity index (χ0v) is 15.9. The van der Waals surface area contributed by atoms with Gasteiger partial charge in [-0.05, 0) is 41.5 Å². The van der Waals surface area contributed by atoms with E-state index in [1.807, 2.05) is 30.3 Å². The normalized spacial score (nSPS) is 11.1. The lowest BCUT2D eigenvalue weighted by Crippen LogP contribution is -2.06. The highest BCUT2D eigenvalue weighted by Crippen LogP contribution is 2.24. The largest absolute Gasteiger partial charge is 0.463 e. The zero-order chi connectivity index (χ0) is 20.2. The van der Waals surface area contributed by atoms with Crippen molar-refractivity contribution in [3.05, 3.63) is 106 Å². The maximum atomic E-state index is 12.8. The lowest BCUT2D eigenvalue weighted by Gasteiger charge is -2.05. The molecule has 1 aromatic heterocycles. The molecule has 0 saturated carbocycles. The maximum Gasteiger partial charge on any atom is 0.336 e. The van der Waals surface area contributed by atoms with Gasteiger partial charge in [0, 0.05) is 17.2 Å². The number of benzene rings is 3. The van der Waals surface area contributed by atoms with Gasteiger partial charge in [-0.25, -0.2) is 4.79 Å². The van der Waals surface area contributed by atoms with Crippen LogP contribution in [0.3, 0.4) is 0 Å². The summed E-state index contributed by atoms with van der Waals surface area (Å²) in [5, 5.41) is 0.990. The van der Waals surface area contributed by atoms with E-state index in [-0.39, 0.29) is 5.43 Å². The van der Waals surface area contributed by atoms with E-state index >= 15 is 0 Å². The van der Waals surface area contributed by atoms with Crippen LogP contribution < -0.4 is 10.2 Å². The van der Waals surface area contributed by atoms with Gasteiger partial charge in [-0.3, -0.25) is 4.79 Å². The first-order chi connectivity index (χ1) is 14.1. The molecular weight excluding hydrogens is 388 g/mol. The standard InChI is InChI=1S/C24H15ClO4/c25-18-9-7-17(8-10-18)21-15-28-22-14-19(11-12-20(22)24(21)27)29-23(26)13-6-16-4-2-1-3-5-16/h1-15H/b13-6+. The van der Waals surface area contributed by atoms with E-state index < -0.39 is 5.97 Å². The minimum absolute atomic E-state index is 0.171. The predicted octanol–water partition coefficient (Wildman–Crippen LogP) is 5.73. The number of hydrogen-bond donors (Lipinski definition) is 0. The van der Waals surface area contributed by atoms with Crippen molar-refractivity contribution in [1.29, 1.82) is 0 Å². The fraction of sp³-hybridized carbons (Fsp3) is 0. The van der Waals surface area contributed by atoms with Crippen molar-refractivity contribution in [1.82, 2.24) is 0 Å². The van der Waals surface area contributed by atoms with E-state index in [9.17, 15) is 9.59 Å². The highest BCUT2D eigenvalue weighted by atomic mass is 35.5. The van der Waals surface area contributed by atoms with Crippen LogP contribution in [-0.4, -0.2) is 5.97 Å².